The second kappa shape index (κ2) is 10.1. The fraction of sp³-hybridized carbons (Fsp3) is 0.130. The largest absolute Gasteiger partial charge is 0.435 e. The number of benzene rings is 2. The van der Waals surface area contributed by atoms with Crippen molar-refractivity contribution in [3.8, 4) is 17.0 Å². The van der Waals surface area contributed by atoms with Crippen molar-refractivity contribution in [2.75, 3.05) is 10.0 Å². The Kier molecular flexibility index (Phi) is 6.92. The van der Waals surface area contributed by atoms with Gasteiger partial charge in [-0.3, -0.25) is 9.89 Å². The predicted octanol–water partition coefficient (Wildman–Crippen LogP) is 4.14. The molecular weight excluding hydrogens is 494 g/mol. The number of hydrogen-bond donors (Lipinski definition) is 3. The maximum Gasteiger partial charge on any atom is 0.387 e. The highest BCUT2D eigenvalue weighted by atomic mass is 32.2. The summed E-state index contributed by atoms with van der Waals surface area (Å²) in [4.78, 5) is 20.7. The third-order valence-electron chi connectivity index (χ3n) is 4.83. The molecule has 2 aromatic carbocycles. The first-order valence-electron chi connectivity index (χ1n) is 10.5. The standard InChI is InChI=1S/C23H20F2N6O4S/c1-13-11-14(2)27-23(26-13)31-36(33,34)18-9-5-16(6-10-18)28-21(32)20-12-19(29-30-20)15-3-7-17(8-4-15)35-22(24)25/h3-12,22H,1-2H3,(H,28,32)(H,29,30)(H,26,27,31). The Morgan fingerprint density at radius 1 is 0.972 bits per heavy atom. The molecule has 0 aliphatic rings. The molecule has 36 heavy (non-hydrogen) atoms. The van der Waals surface area contributed by atoms with Crippen LogP contribution in [0.2, 0.25) is 0 Å². The molecule has 0 radical (unpaired) electrons. The van der Waals surface area contributed by atoms with Crippen LogP contribution >= 0.6 is 0 Å². The molecule has 0 saturated carbocycles. The van der Waals surface area contributed by atoms with Crippen molar-refractivity contribution in [1.29, 1.82) is 0 Å². The van der Waals surface area contributed by atoms with E-state index in [2.05, 4.69) is 34.9 Å². The number of carbonyl (C=O) groups excluding carboxylic acids is 1. The van der Waals surface area contributed by atoms with E-state index in [1.807, 2.05) is 0 Å². The van der Waals surface area contributed by atoms with Gasteiger partial charge >= 0.3 is 6.61 Å². The molecule has 3 N–H and O–H groups in total. The number of H-pyrrole nitrogens is 1. The molecule has 0 aliphatic heterocycles. The van der Waals surface area contributed by atoms with Crippen molar-refractivity contribution >= 4 is 27.6 Å². The number of hydrogen-bond acceptors (Lipinski definition) is 7. The summed E-state index contributed by atoms with van der Waals surface area (Å²) in [6, 6.07) is 14.6. The van der Waals surface area contributed by atoms with E-state index in [0.717, 1.165) is 0 Å². The number of anilines is 2. The summed E-state index contributed by atoms with van der Waals surface area (Å²) in [6.45, 7) is 0.538. The Balaban J connectivity index is 1.42. The van der Waals surface area contributed by atoms with Gasteiger partial charge in [-0.2, -0.15) is 13.9 Å². The average molecular weight is 515 g/mol. The number of rotatable bonds is 8. The third-order valence-corrected chi connectivity index (χ3v) is 6.17. The lowest BCUT2D eigenvalue weighted by molar-refractivity contribution is -0.0498. The van der Waals surface area contributed by atoms with Crippen LogP contribution in [0.25, 0.3) is 11.3 Å². The van der Waals surface area contributed by atoms with Gasteiger partial charge in [-0.05, 0) is 74.5 Å². The van der Waals surface area contributed by atoms with Crippen molar-refractivity contribution in [2.24, 2.45) is 0 Å². The van der Waals surface area contributed by atoms with E-state index in [0.29, 0.717) is 28.3 Å². The fourth-order valence-corrected chi connectivity index (χ4v) is 4.20. The van der Waals surface area contributed by atoms with Crippen LogP contribution in [0.3, 0.4) is 0 Å². The minimum Gasteiger partial charge on any atom is -0.435 e. The zero-order valence-electron chi connectivity index (χ0n) is 19.0. The quantitative estimate of drug-likeness (QED) is 0.321. The number of aromatic amines is 1. The van der Waals surface area contributed by atoms with Crippen LogP contribution in [0, 0.1) is 13.8 Å². The molecule has 0 unspecified atom stereocenters. The molecule has 1 amide bonds. The fourth-order valence-electron chi connectivity index (χ4n) is 3.26. The van der Waals surface area contributed by atoms with Crippen LogP contribution in [0.5, 0.6) is 5.75 Å². The molecule has 4 rings (SSSR count). The lowest BCUT2D eigenvalue weighted by atomic mass is 10.1. The van der Waals surface area contributed by atoms with Crippen molar-refractivity contribution in [1.82, 2.24) is 20.2 Å². The smallest absolute Gasteiger partial charge is 0.387 e. The van der Waals surface area contributed by atoms with Crippen molar-refractivity contribution < 1.29 is 26.7 Å². The summed E-state index contributed by atoms with van der Waals surface area (Å²) >= 11 is 0. The summed E-state index contributed by atoms with van der Waals surface area (Å²) in [5.41, 5.74) is 2.75. The summed E-state index contributed by atoms with van der Waals surface area (Å²) in [6.07, 6.45) is 0. The molecule has 10 nitrogen and oxygen atoms in total. The normalized spacial score (nSPS) is 11.4. The number of carbonyl (C=O) groups is 1. The van der Waals surface area contributed by atoms with Gasteiger partial charge in [0.15, 0.2) is 0 Å². The Morgan fingerprint density at radius 2 is 1.61 bits per heavy atom. The van der Waals surface area contributed by atoms with Crippen LogP contribution in [0.15, 0.2) is 65.6 Å². The first-order valence-corrected chi connectivity index (χ1v) is 11.9. The lowest BCUT2D eigenvalue weighted by Crippen LogP contribution is -2.16. The van der Waals surface area contributed by atoms with E-state index in [9.17, 15) is 22.0 Å². The molecule has 0 saturated heterocycles. The first kappa shape index (κ1) is 24.7. The van der Waals surface area contributed by atoms with Crippen molar-refractivity contribution in [3.05, 3.63) is 77.7 Å². The predicted molar refractivity (Wildman–Crippen MR) is 127 cm³/mol. The van der Waals surface area contributed by atoms with Gasteiger partial charge in [-0.15, -0.1) is 0 Å². The molecular formula is C23H20F2N6O4S. The van der Waals surface area contributed by atoms with Gasteiger partial charge in [-0.25, -0.2) is 23.1 Å². The second-order valence-corrected chi connectivity index (χ2v) is 9.31. The SMILES string of the molecule is Cc1cc(C)nc(NS(=O)(=O)c2ccc(NC(=O)c3cc(-c4ccc(OC(F)F)cc4)n[nH]3)cc2)n1. The Labute approximate surface area is 204 Å². The van der Waals surface area contributed by atoms with Gasteiger partial charge in [0.1, 0.15) is 11.4 Å². The number of ether oxygens (including phenoxy) is 1. The number of aromatic nitrogens is 4. The minimum absolute atomic E-state index is 0.00411. The number of alkyl halides is 2. The summed E-state index contributed by atoms with van der Waals surface area (Å²) in [5, 5.41) is 9.32. The van der Waals surface area contributed by atoms with Crippen molar-refractivity contribution in [3.63, 3.8) is 0 Å². The third kappa shape index (κ3) is 5.99. The number of sulfonamides is 1. The molecule has 186 valence electrons. The number of nitrogens with zero attached hydrogens (tertiary/aromatic N) is 3. The zero-order valence-corrected chi connectivity index (χ0v) is 19.8. The molecule has 0 aliphatic carbocycles. The van der Waals surface area contributed by atoms with E-state index in [-0.39, 0.29) is 22.3 Å². The maximum absolute atomic E-state index is 12.7. The molecule has 0 atom stereocenters. The highest BCUT2D eigenvalue weighted by Gasteiger charge is 2.17. The Bertz CT molecular complexity index is 1470. The Hall–Kier alpha value is -4.39. The first-order chi connectivity index (χ1) is 17.1. The van der Waals surface area contributed by atoms with Gasteiger partial charge in [0.25, 0.3) is 15.9 Å². The summed E-state index contributed by atoms with van der Waals surface area (Å²) < 4.78 is 56.5. The van der Waals surface area contributed by atoms with E-state index in [1.165, 1.54) is 54.6 Å². The molecule has 2 aromatic heterocycles. The number of halogens is 2. The molecule has 2 heterocycles. The van der Waals surface area contributed by atoms with Crippen LogP contribution in [0.1, 0.15) is 21.9 Å². The second-order valence-electron chi connectivity index (χ2n) is 7.63. The van der Waals surface area contributed by atoms with E-state index >= 15 is 0 Å². The van der Waals surface area contributed by atoms with E-state index in [1.54, 1.807) is 19.9 Å². The molecule has 0 bridgehead atoms. The number of nitrogens with one attached hydrogen (secondary N) is 3. The van der Waals surface area contributed by atoms with Gasteiger partial charge < -0.3 is 10.1 Å². The average Bonchev–Trinajstić information content (AvgIpc) is 3.29. The molecule has 13 heteroatoms. The van der Waals surface area contributed by atoms with Gasteiger partial charge in [-0.1, -0.05) is 0 Å². The van der Waals surface area contributed by atoms with Gasteiger partial charge in [0.05, 0.1) is 10.6 Å². The monoisotopic (exact) mass is 514 g/mol. The van der Waals surface area contributed by atoms with Crippen LogP contribution in [-0.4, -0.2) is 41.1 Å². The Morgan fingerprint density at radius 3 is 2.22 bits per heavy atom. The van der Waals surface area contributed by atoms with Crippen LogP contribution < -0.4 is 14.8 Å². The number of aryl methyl sites for hydroxylation is 2. The number of amides is 1. The van der Waals surface area contributed by atoms with Crippen LogP contribution in [0.4, 0.5) is 20.4 Å². The van der Waals surface area contributed by atoms with Crippen molar-refractivity contribution in [2.45, 2.75) is 25.4 Å². The summed E-state index contributed by atoms with van der Waals surface area (Å²) in [7, 11) is -3.94. The van der Waals surface area contributed by atoms with Crippen LogP contribution in [-0.2, 0) is 10.0 Å². The zero-order chi connectivity index (χ0) is 25.9. The van der Waals surface area contributed by atoms with E-state index in [4.69, 9.17) is 0 Å². The molecule has 4 aromatic rings. The highest BCUT2D eigenvalue weighted by molar-refractivity contribution is 7.92. The molecule has 0 fully saturated rings. The highest BCUT2D eigenvalue weighted by Crippen LogP contribution is 2.23. The molecule has 0 spiro atoms. The topological polar surface area (TPSA) is 139 Å². The summed E-state index contributed by atoms with van der Waals surface area (Å²) in [5.74, 6) is -0.538. The lowest BCUT2D eigenvalue weighted by Gasteiger charge is -2.09. The van der Waals surface area contributed by atoms with Gasteiger partial charge in [0.2, 0.25) is 5.95 Å². The van der Waals surface area contributed by atoms with Gasteiger partial charge in [0, 0.05) is 22.6 Å². The maximum atomic E-state index is 12.7. The minimum atomic E-state index is -3.94. The van der Waals surface area contributed by atoms with E-state index < -0.39 is 22.5 Å².